The highest BCUT2D eigenvalue weighted by Gasteiger charge is 2.26. The van der Waals surface area contributed by atoms with Crippen molar-refractivity contribution in [3.05, 3.63) is 59.7 Å². The van der Waals surface area contributed by atoms with Gasteiger partial charge in [0.1, 0.15) is 0 Å². The molecule has 0 bridgehead atoms. The van der Waals surface area contributed by atoms with E-state index in [1.165, 1.54) is 11.3 Å². The van der Waals surface area contributed by atoms with Gasteiger partial charge in [0.05, 0.1) is 22.9 Å². The van der Waals surface area contributed by atoms with E-state index >= 15 is 0 Å². The second-order valence-corrected chi connectivity index (χ2v) is 8.43. The van der Waals surface area contributed by atoms with Gasteiger partial charge < -0.3 is 10.1 Å². The Labute approximate surface area is 179 Å². The predicted octanol–water partition coefficient (Wildman–Crippen LogP) is 3.94. The molecule has 1 aliphatic rings. The van der Waals surface area contributed by atoms with Crippen molar-refractivity contribution in [1.29, 1.82) is 0 Å². The lowest BCUT2D eigenvalue weighted by atomic mass is 10.1. The van der Waals surface area contributed by atoms with Crippen molar-refractivity contribution in [3.63, 3.8) is 0 Å². The minimum Gasteiger partial charge on any atom is -0.376 e. The molecule has 0 radical (unpaired) electrons. The lowest BCUT2D eigenvalue weighted by molar-refractivity contribution is -0.118. The van der Waals surface area contributed by atoms with Gasteiger partial charge in [0, 0.05) is 25.1 Å². The number of anilines is 1. The molecule has 4 rings (SSSR count). The first-order valence-electron chi connectivity index (χ1n) is 10.2. The van der Waals surface area contributed by atoms with Gasteiger partial charge in [-0.25, -0.2) is 4.98 Å². The Morgan fingerprint density at radius 2 is 2.00 bits per heavy atom. The fourth-order valence-electron chi connectivity index (χ4n) is 3.59. The Balaban J connectivity index is 1.44. The molecule has 7 heteroatoms. The third-order valence-electron chi connectivity index (χ3n) is 5.24. The van der Waals surface area contributed by atoms with Gasteiger partial charge in [0.2, 0.25) is 5.91 Å². The third kappa shape index (κ3) is 4.68. The lowest BCUT2D eigenvalue weighted by Gasteiger charge is -2.23. The lowest BCUT2D eigenvalue weighted by Crippen LogP contribution is -2.39. The van der Waals surface area contributed by atoms with Crippen molar-refractivity contribution in [2.45, 2.75) is 32.3 Å². The van der Waals surface area contributed by atoms with Crippen molar-refractivity contribution in [3.8, 4) is 0 Å². The van der Waals surface area contributed by atoms with E-state index in [1.54, 1.807) is 11.0 Å². The number of ether oxygens (including phenoxy) is 1. The number of fused-ring (bicyclic) bond motifs is 1. The van der Waals surface area contributed by atoms with Crippen LogP contribution in [0.15, 0.2) is 48.5 Å². The minimum atomic E-state index is -0.161. The summed E-state index contributed by atoms with van der Waals surface area (Å²) in [6.07, 6.45) is 2.19. The largest absolute Gasteiger partial charge is 0.376 e. The zero-order valence-electron chi connectivity index (χ0n) is 17.0. The van der Waals surface area contributed by atoms with Crippen LogP contribution in [0.3, 0.4) is 0 Å². The monoisotopic (exact) mass is 423 g/mol. The summed E-state index contributed by atoms with van der Waals surface area (Å²) in [4.78, 5) is 31.9. The highest BCUT2D eigenvalue weighted by Crippen LogP contribution is 2.30. The normalized spacial score (nSPS) is 16.0. The van der Waals surface area contributed by atoms with Crippen molar-refractivity contribution in [2.75, 3.05) is 24.6 Å². The molecule has 2 amide bonds. The highest BCUT2D eigenvalue weighted by atomic mass is 32.1. The molecule has 1 atom stereocenters. The Morgan fingerprint density at radius 1 is 1.20 bits per heavy atom. The van der Waals surface area contributed by atoms with Crippen LogP contribution in [-0.4, -0.2) is 42.6 Å². The summed E-state index contributed by atoms with van der Waals surface area (Å²) >= 11 is 1.51. The van der Waals surface area contributed by atoms with Crippen LogP contribution >= 0.6 is 11.3 Å². The van der Waals surface area contributed by atoms with E-state index in [2.05, 4.69) is 10.3 Å². The molecule has 6 nitrogen and oxygen atoms in total. The van der Waals surface area contributed by atoms with Gasteiger partial charge in [-0.15, -0.1) is 0 Å². The van der Waals surface area contributed by atoms with Crippen LogP contribution in [0.2, 0.25) is 0 Å². The maximum Gasteiger partial charge on any atom is 0.251 e. The molecule has 2 heterocycles. The van der Waals surface area contributed by atoms with E-state index in [-0.39, 0.29) is 30.9 Å². The Hall–Kier alpha value is -2.77. The second-order valence-electron chi connectivity index (χ2n) is 7.42. The van der Waals surface area contributed by atoms with E-state index in [4.69, 9.17) is 4.74 Å². The van der Waals surface area contributed by atoms with Crippen molar-refractivity contribution >= 4 is 38.5 Å². The van der Waals surface area contributed by atoms with Crippen molar-refractivity contribution in [1.82, 2.24) is 10.3 Å². The quantitative estimate of drug-likeness (QED) is 0.625. The number of rotatable bonds is 7. The molecule has 2 aromatic carbocycles. The predicted molar refractivity (Wildman–Crippen MR) is 119 cm³/mol. The van der Waals surface area contributed by atoms with Crippen LogP contribution in [0.5, 0.6) is 0 Å². The van der Waals surface area contributed by atoms with Gasteiger partial charge in [-0.2, -0.15) is 0 Å². The van der Waals surface area contributed by atoms with Gasteiger partial charge >= 0.3 is 0 Å². The third-order valence-corrected chi connectivity index (χ3v) is 6.30. The number of amides is 2. The number of para-hydroxylation sites is 1. The number of carbonyl (C=O) groups is 2. The summed E-state index contributed by atoms with van der Waals surface area (Å²) in [6, 6.07) is 15.3. The van der Waals surface area contributed by atoms with E-state index in [0.717, 1.165) is 35.2 Å². The SMILES string of the molecule is Cc1ccccc1C(=O)NCCC(=O)N(CC1CCCO1)c1nc2ccccc2s1. The first-order valence-corrected chi connectivity index (χ1v) is 11.0. The molecular formula is C23H25N3O3S. The molecule has 1 aromatic heterocycles. The summed E-state index contributed by atoms with van der Waals surface area (Å²) in [5.41, 5.74) is 2.43. The number of nitrogens with zero attached hydrogens (tertiary/aromatic N) is 2. The van der Waals surface area contributed by atoms with E-state index < -0.39 is 0 Å². The molecule has 1 N–H and O–H groups in total. The number of aryl methyl sites for hydroxylation is 1. The molecule has 0 spiro atoms. The molecule has 1 saturated heterocycles. The number of benzene rings is 2. The number of hydrogen-bond acceptors (Lipinski definition) is 5. The molecule has 156 valence electrons. The average Bonchev–Trinajstić information content (AvgIpc) is 3.41. The topological polar surface area (TPSA) is 71.5 Å². The number of hydrogen-bond donors (Lipinski definition) is 1. The maximum atomic E-state index is 13.1. The zero-order chi connectivity index (χ0) is 20.9. The molecule has 1 fully saturated rings. The maximum absolute atomic E-state index is 13.1. The second kappa shape index (κ2) is 9.36. The van der Waals surface area contributed by atoms with Crippen molar-refractivity contribution < 1.29 is 14.3 Å². The standard InChI is InChI=1S/C23H25N3O3S/c1-16-7-2-3-9-18(16)22(28)24-13-12-21(27)26(15-17-8-6-14-29-17)23-25-19-10-4-5-11-20(19)30-23/h2-5,7,9-11,17H,6,8,12-15H2,1H3,(H,24,28). The summed E-state index contributed by atoms with van der Waals surface area (Å²) < 4.78 is 6.80. The van der Waals surface area contributed by atoms with E-state index in [9.17, 15) is 9.59 Å². The molecule has 0 aliphatic carbocycles. The Bertz CT molecular complexity index is 1010. The molecule has 0 saturated carbocycles. The summed E-state index contributed by atoms with van der Waals surface area (Å²) in [7, 11) is 0. The number of carbonyl (C=O) groups excluding carboxylic acids is 2. The van der Waals surface area contributed by atoms with Crippen molar-refractivity contribution in [2.24, 2.45) is 0 Å². The summed E-state index contributed by atoms with van der Waals surface area (Å²) in [6.45, 7) is 3.40. The van der Waals surface area contributed by atoms with Gasteiger partial charge in [-0.3, -0.25) is 14.5 Å². The zero-order valence-corrected chi connectivity index (χ0v) is 17.8. The van der Waals surface area contributed by atoms with Gasteiger partial charge in [0.25, 0.3) is 5.91 Å². The molecular weight excluding hydrogens is 398 g/mol. The van der Waals surface area contributed by atoms with Crippen LogP contribution in [-0.2, 0) is 9.53 Å². The molecule has 3 aromatic rings. The van der Waals surface area contributed by atoms with Crippen LogP contribution in [0.1, 0.15) is 35.2 Å². The number of nitrogens with one attached hydrogen (secondary N) is 1. The fourth-order valence-corrected chi connectivity index (χ4v) is 4.59. The smallest absolute Gasteiger partial charge is 0.251 e. The van der Waals surface area contributed by atoms with Crippen LogP contribution in [0.4, 0.5) is 5.13 Å². The van der Waals surface area contributed by atoms with Crippen LogP contribution < -0.4 is 10.2 Å². The molecule has 1 unspecified atom stereocenters. The first-order chi connectivity index (χ1) is 14.6. The van der Waals surface area contributed by atoms with Gasteiger partial charge in [-0.1, -0.05) is 41.7 Å². The van der Waals surface area contributed by atoms with E-state index in [0.29, 0.717) is 17.2 Å². The minimum absolute atomic E-state index is 0.0301. The van der Waals surface area contributed by atoms with Gasteiger partial charge in [-0.05, 0) is 43.5 Å². The average molecular weight is 424 g/mol. The highest BCUT2D eigenvalue weighted by molar-refractivity contribution is 7.22. The first kappa shape index (κ1) is 20.5. The fraction of sp³-hybridized carbons (Fsp3) is 0.348. The molecule has 1 aliphatic heterocycles. The Kier molecular flexibility index (Phi) is 6.40. The van der Waals surface area contributed by atoms with E-state index in [1.807, 2.05) is 49.4 Å². The van der Waals surface area contributed by atoms with Crippen LogP contribution in [0.25, 0.3) is 10.2 Å². The summed E-state index contributed by atoms with van der Waals surface area (Å²) in [5, 5.41) is 3.54. The molecule has 30 heavy (non-hydrogen) atoms. The number of thiazole rings is 1. The van der Waals surface area contributed by atoms with Crippen LogP contribution in [0, 0.1) is 6.92 Å². The number of aromatic nitrogens is 1. The Morgan fingerprint density at radius 3 is 2.77 bits per heavy atom. The van der Waals surface area contributed by atoms with Gasteiger partial charge in [0.15, 0.2) is 5.13 Å². The summed E-state index contributed by atoms with van der Waals surface area (Å²) in [5.74, 6) is -0.221.